The minimum absolute atomic E-state index is 0.0342. The van der Waals surface area contributed by atoms with Crippen molar-refractivity contribution in [3.8, 4) is 0 Å². The lowest BCUT2D eigenvalue weighted by Crippen LogP contribution is -2.46. The highest BCUT2D eigenvalue weighted by atomic mass is 16.5. The topological polar surface area (TPSA) is 168 Å². The first-order chi connectivity index (χ1) is 18.3. The maximum atomic E-state index is 12.5. The number of ketones is 1. The van der Waals surface area contributed by atoms with Gasteiger partial charge in [0.25, 0.3) is 0 Å². The third kappa shape index (κ3) is 28.5. The predicted octanol–water partition coefficient (Wildman–Crippen LogP) is 3.40. The molecule has 0 rings (SSSR count). The maximum Gasteiger partial charge on any atom is 0.309 e. The number of carboxylic acids is 1. The second-order valence-corrected chi connectivity index (χ2v) is 8.72. The second-order valence-electron chi connectivity index (χ2n) is 8.72. The molecule has 0 saturated heterocycles. The average molecular weight is 567 g/mol. The van der Waals surface area contributed by atoms with Crippen LogP contribution >= 0.6 is 0 Å². The van der Waals surface area contributed by atoms with Gasteiger partial charge in [-0.25, -0.2) is 0 Å². The van der Waals surface area contributed by atoms with Gasteiger partial charge in [0, 0.05) is 25.5 Å². The van der Waals surface area contributed by atoms with Crippen LogP contribution in [0, 0.1) is 10.8 Å². The van der Waals surface area contributed by atoms with E-state index >= 15 is 0 Å². The van der Waals surface area contributed by atoms with Crippen molar-refractivity contribution in [1.29, 1.82) is 0 Å². The number of aliphatic hydroxyl groups excluding tert-OH is 1. The van der Waals surface area contributed by atoms with Gasteiger partial charge in [-0.15, -0.1) is 0 Å². The fraction of sp³-hybridized carbons (Fsp3) is 0.821. The van der Waals surface area contributed by atoms with Crippen LogP contribution in [0.3, 0.4) is 0 Å². The van der Waals surface area contributed by atoms with Crippen LogP contribution in [0.2, 0.25) is 0 Å². The summed E-state index contributed by atoms with van der Waals surface area (Å²) in [5, 5.41) is 21.5. The van der Waals surface area contributed by atoms with E-state index in [1.807, 2.05) is 41.5 Å². The van der Waals surface area contributed by atoms with Gasteiger partial charge < -0.3 is 35.1 Å². The van der Waals surface area contributed by atoms with Crippen molar-refractivity contribution >= 4 is 29.9 Å². The van der Waals surface area contributed by atoms with Crippen molar-refractivity contribution < 1.29 is 43.7 Å². The summed E-state index contributed by atoms with van der Waals surface area (Å²) in [6.07, 6.45) is 0.812. The first-order valence-corrected chi connectivity index (χ1v) is 13.7. The molecular formula is C28H58N2O9. The Morgan fingerprint density at radius 3 is 1.77 bits per heavy atom. The largest absolute Gasteiger partial charge is 0.481 e. The van der Waals surface area contributed by atoms with Gasteiger partial charge in [-0.1, -0.05) is 55.4 Å². The predicted molar refractivity (Wildman–Crippen MR) is 155 cm³/mol. The van der Waals surface area contributed by atoms with E-state index in [2.05, 4.69) is 10.6 Å². The van der Waals surface area contributed by atoms with Gasteiger partial charge in [0.2, 0.25) is 11.8 Å². The monoisotopic (exact) mass is 566 g/mol. The smallest absolute Gasteiger partial charge is 0.309 e. The molecular weight excluding hydrogens is 508 g/mol. The second kappa shape index (κ2) is 30.2. The molecule has 1 atom stereocenters. The molecule has 0 spiro atoms. The Morgan fingerprint density at radius 1 is 0.846 bits per heavy atom. The molecule has 0 aromatic rings. The van der Waals surface area contributed by atoms with Crippen molar-refractivity contribution in [3.63, 3.8) is 0 Å². The fourth-order valence-electron chi connectivity index (χ4n) is 2.87. The van der Waals surface area contributed by atoms with E-state index in [4.69, 9.17) is 14.6 Å². The Morgan fingerprint density at radius 2 is 1.33 bits per heavy atom. The highest BCUT2D eigenvalue weighted by Gasteiger charge is 2.39. The molecule has 0 saturated carbocycles. The molecule has 0 bridgehead atoms. The third-order valence-electron chi connectivity index (χ3n) is 4.49. The number of hydrogen-bond donors (Lipinski definition) is 4. The van der Waals surface area contributed by atoms with E-state index in [9.17, 15) is 29.1 Å². The number of aliphatic hydroxyl groups is 1. The fourth-order valence-corrected chi connectivity index (χ4v) is 2.87. The molecule has 39 heavy (non-hydrogen) atoms. The molecule has 11 nitrogen and oxygen atoms in total. The van der Waals surface area contributed by atoms with Crippen molar-refractivity contribution in [2.24, 2.45) is 10.8 Å². The molecule has 0 fully saturated rings. The number of Topliss-reactive ketones (excluding diaryl/α,β-unsaturated/α-hetero) is 1. The number of carbonyl (C=O) groups excluding carboxylic acids is 4. The number of aldehydes is 1. The molecule has 0 aromatic carbocycles. The maximum absolute atomic E-state index is 12.5. The SMILES string of the molecule is CC.CC.CC.CC(=O)COCCOCCNC(=O)CCC(C=O)NC(=O)C(C)(C)CC(C)(C)C(=O)O.CO. The zero-order valence-electron chi connectivity index (χ0n) is 26.6. The summed E-state index contributed by atoms with van der Waals surface area (Å²) in [6.45, 7) is 20.9. The molecule has 0 radical (unpaired) electrons. The Hall–Kier alpha value is -2.37. The molecule has 4 N–H and O–H groups in total. The zero-order chi connectivity index (χ0) is 32.1. The van der Waals surface area contributed by atoms with Crippen molar-refractivity contribution in [1.82, 2.24) is 10.6 Å². The summed E-state index contributed by atoms with van der Waals surface area (Å²) in [6, 6.07) is -0.847. The normalized spacial score (nSPS) is 10.7. The third-order valence-corrected chi connectivity index (χ3v) is 4.49. The number of nitrogens with one attached hydrogen (secondary N) is 2. The minimum atomic E-state index is -1.10. The lowest BCUT2D eigenvalue weighted by Gasteiger charge is -2.31. The minimum Gasteiger partial charge on any atom is -0.481 e. The first-order valence-electron chi connectivity index (χ1n) is 13.7. The van der Waals surface area contributed by atoms with Crippen LogP contribution in [0.15, 0.2) is 0 Å². The quantitative estimate of drug-likeness (QED) is 0.152. The van der Waals surface area contributed by atoms with Crippen LogP contribution in [0.25, 0.3) is 0 Å². The Balaban J connectivity index is -0.000000437. The van der Waals surface area contributed by atoms with Gasteiger partial charge in [0.05, 0.1) is 31.3 Å². The van der Waals surface area contributed by atoms with Gasteiger partial charge in [-0.05, 0) is 33.6 Å². The van der Waals surface area contributed by atoms with E-state index in [-0.39, 0.29) is 57.3 Å². The summed E-state index contributed by atoms with van der Waals surface area (Å²) >= 11 is 0. The highest BCUT2D eigenvalue weighted by Crippen LogP contribution is 2.34. The van der Waals surface area contributed by atoms with E-state index in [0.29, 0.717) is 12.9 Å². The summed E-state index contributed by atoms with van der Waals surface area (Å²) in [7, 11) is 1.00. The van der Waals surface area contributed by atoms with Crippen LogP contribution < -0.4 is 10.6 Å². The van der Waals surface area contributed by atoms with E-state index in [0.717, 1.165) is 7.11 Å². The Labute approximate surface area is 236 Å². The van der Waals surface area contributed by atoms with Crippen molar-refractivity contribution in [2.45, 2.75) is 101 Å². The molecule has 11 heteroatoms. The molecule has 234 valence electrons. The standard InChI is InChI=1S/C21H36N2O8.3C2H6.CH4O/c1-15(25)13-31-11-10-30-9-8-22-17(26)7-6-16(12-24)23-18(27)20(2,3)14-21(4,5)19(28)29;4*1-2/h12,16H,6-11,13-14H2,1-5H3,(H,22,26)(H,23,27)(H,28,29);3*1-2H3;2H,1H3. The Kier molecular flexibility index (Phi) is 36.0. The molecule has 0 aromatic heterocycles. The van der Waals surface area contributed by atoms with Crippen molar-refractivity contribution in [2.75, 3.05) is 40.1 Å². The van der Waals surface area contributed by atoms with Gasteiger partial charge in [-0.2, -0.15) is 0 Å². The van der Waals surface area contributed by atoms with Gasteiger partial charge in [-0.3, -0.25) is 19.2 Å². The lowest BCUT2D eigenvalue weighted by atomic mass is 9.74. The lowest BCUT2D eigenvalue weighted by molar-refractivity contribution is -0.150. The van der Waals surface area contributed by atoms with E-state index in [1.165, 1.54) is 20.8 Å². The Bertz CT molecular complexity index is 637. The number of aliphatic carboxylic acids is 1. The average Bonchev–Trinajstić information content (AvgIpc) is 2.91. The summed E-state index contributed by atoms with van der Waals surface area (Å²) in [4.78, 5) is 57.7. The van der Waals surface area contributed by atoms with Crippen LogP contribution in [-0.2, 0) is 33.4 Å². The highest BCUT2D eigenvalue weighted by molar-refractivity contribution is 5.86. The molecule has 1 unspecified atom stereocenters. The number of ether oxygens (including phenoxy) is 2. The summed E-state index contributed by atoms with van der Waals surface area (Å²) in [5.41, 5.74) is -2.10. The van der Waals surface area contributed by atoms with Crippen LogP contribution in [0.1, 0.15) is 95.4 Å². The molecule has 0 heterocycles. The van der Waals surface area contributed by atoms with E-state index < -0.39 is 28.7 Å². The molecule has 0 aliphatic carbocycles. The number of amides is 2. The molecule has 0 aliphatic heterocycles. The van der Waals surface area contributed by atoms with Crippen LogP contribution in [0.4, 0.5) is 0 Å². The van der Waals surface area contributed by atoms with Crippen LogP contribution in [-0.4, -0.2) is 86.2 Å². The number of carboxylic acid groups (broad SMARTS) is 1. The van der Waals surface area contributed by atoms with Gasteiger partial charge in [0.1, 0.15) is 12.9 Å². The first kappa shape index (κ1) is 46.5. The van der Waals surface area contributed by atoms with Crippen LogP contribution in [0.5, 0.6) is 0 Å². The number of hydrogen-bond acceptors (Lipinski definition) is 8. The van der Waals surface area contributed by atoms with Crippen molar-refractivity contribution in [3.05, 3.63) is 0 Å². The number of carbonyl (C=O) groups is 5. The van der Waals surface area contributed by atoms with E-state index in [1.54, 1.807) is 13.8 Å². The number of rotatable bonds is 17. The summed E-state index contributed by atoms with van der Waals surface area (Å²) in [5.74, 6) is -1.81. The zero-order valence-corrected chi connectivity index (χ0v) is 26.6. The molecule has 2 amide bonds. The summed E-state index contributed by atoms with van der Waals surface area (Å²) < 4.78 is 10.3. The molecule has 0 aliphatic rings. The van der Waals surface area contributed by atoms with Gasteiger partial charge in [0.15, 0.2) is 5.78 Å². The van der Waals surface area contributed by atoms with Gasteiger partial charge >= 0.3 is 5.97 Å².